The summed E-state index contributed by atoms with van der Waals surface area (Å²) in [6.07, 6.45) is 6.08. The quantitative estimate of drug-likeness (QED) is 0.635. The fourth-order valence-electron chi connectivity index (χ4n) is 4.00. The van der Waals surface area contributed by atoms with Crippen molar-refractivity contribution in [3.63, 3.8) is 0 Å². The van der Waals surface area contributed by atoms with E-state index in [-0.39, 0.29) is 11.8 Å². The first-order valence-corrected chi connectivity index (χ1v) is 10.4. The second kappa shape index (κ2) is 9.08. The van der Waals surface area contributed by atoms with Crippen molar-refractivity contribution in [2.75, 3.05) is 20.2 Å². The molecule has 2 aromatic carbocycles. The Morgan fingerprint density at radius 3 is 2.77 bits per heavy atom. The molecule has 1 atom stereocenters. The second-order valence-corrected chi connectivity index (χ2v) is 7.90. The van der Waals surface area contributed by atoms with E-state index in [0.29, 0.717) is 13.0 Å². The van der Waals surface area contributed by atoms with Crippen molar-refractivity contribution < 1.29 is 9.53 Å². The lowest BCUT2D eigenvalue weighted by Gasteiger charge is -2.32. The van der Waals surface area contributed by atoms with Crippen LogP contribution in [0.5, 0.6) is 5.75 Å². The third-order valence-corrected chi connectivity index (χ3v) is 5.67. The zero-order chi connectivity index (χ0) is 20.9. The van der Waals surface area contributed by atoms with Gasteiger partial charge in [-0.1, -0.05) is 35.9 Å². The van der Waals surface area contributed by atoms with Crippen LogP contribution >= 0.6 is 0 Å². The van der Waals surface area contributed by atoms with Crippen LogP contribution in [0.2, 0.25) is 0 Å². The lowest BCUT2D eigenvalue weighted by atomic mass is 9.94. The molecule has 0 spiro atoms. The number of likely N-dealkylation sites (tertiary alicyclic amines) is 1. The third-order valence-electron chi connectivity index (χ3n) is 5.67. The molecule has 0 bridgehead atoms. The number of ether oxygens (including phenoxy) is 1. The summed E-state index contributed by atoms with van der Waals surface area (Å²) in [5.74, 6) is 1.18. The molecule has 1 aromatic heterocycles. The van der Waals surface area contributed by atoms with Crippen LogP contribution < -0.4 is 4.74 Å². The molecular weight excluding hydrogens is 374 g/mol. The normalized spacial score (nSPS) is 16.3. The van der Waals surface area contributed by atoms with Crippen LogP contribution in [-0.4, -0.2) is 41.0 Å². The van der Waals surface area contributed by atoms with E-state index in [0.717, 1.165) is 47.7 Å². The Hall–Kier alpha value is -3.21. The van der Waals surface area contributed by atoms with Gasteiger partial charge in [-0.15, -0.1) is 0 Å². The lowest BCUT2D eigenvalue weighted by Crippen LogP contribution is -2.40. The number of carbonyl (C=O) groups is 1. The Kier molecular flexibility index (Phi) is 6.07. The van der Waals surface area contributed by atoms with Gasteiger partial charge in [-0.3, -0.25) is 9.78 Å². The molecular formula is C25H27N3O2. The Bertz CT molecular complexity index is 1020. The Morgan fingerprint density at radius 1 is 1.17 bits per heavy atom. The average molecular weight is 402 g/mol. The Labute approximate surface area is 177 Å². The molecule has 0 aliphatic carbocycles. The fraction of sp³-hybridized carbons (Fsp3) is 0.320. The van der Waals surface area contributed by atoms with Gasteiger partial charge < -0.3 is 9.64 Å². The molecule has 1 aliphatic rings. The van der Waals surface area contributed by atoms with E-state index < -0.39 is 0 Å². The van der Waals surface area contributed by atoms with E-state index >= 15 is 0 Å². The molecule has 5 nitrogen and oxygen atoms in total. The smallest absolute Gasteiger partial charge is 0.227 e. The van der Waals surface area contributed by atoms with Crippen LogP contribution in [0.3, 0.4) is 0 Å². The highest BCUT2D eigenvalue weighted by molar-refractivity contribution is 5.79. The second-order valence-electron chi connectivity index (χ2n) is 7.90. The maximum absolute atomic E-state index is 12.9. The number of aryl methyl sites for hydroxylation is 1. The highest BCUT2D eigenvalue weighted by Crippen LogP contribution is 2.27. The van der Waals surface area contributed by atoms with Gasteiger partial charge in [0.25, 0.3) is 0 Å². The topological polar surface area (TPSA) is 55.3 Å². The summed E-state index contributed by atoms with van der Waals surface area (Å²) in [6, 6.07) is 16.0. The number of rotatable bonds is 5. The maximum Gasteiger partial charge on any atom is 0.227 e. The Balaban J connectivity index is 1.45. The minimum atomic E-state index is 0.160. The van der Waals surface area contributed by atoms with Crippen molar-refractivity contribution >= 4 is 5.91 Å². The first-order chi connectivity index (χ1) is 14.6. The molecule has 1 aliphatic heterocycles. The summed E-state index contributed by atoms with van der Waals surface area (Å²) in [7, 11) is 1.64. The van der Waals surface area contributed by atoms with Crippen LogP contribution in [0.4, 0.5) is 0 Å². The van der Waals surface area contributed by atoms with Crippen LogP contribution in [0.15, 0.2) is 60.9 Å². The van der Waals surface area contributed by atoms with E-state index in [9.17, 15) is 4.79 Å². The average Bonchev–Trinajstić information content (AvgIpc) is 2.80. The molecule has 4 rings (SSSR count). The molecule has 0 saturated carbocycles. The zero-order valence-corrected chi connectivity index (χ0v) is 17.5. The van der Waals surface area contributed by atoms with E-state index in [1.807, 2.05) is 47.6 Å². The molecule has 1 amide bonds. The minimum absolute atomic E-state index is 0.160. The number of methoxy groups -OCH3 is 1. The van der Waals surface area contributed by atoms with Crippen molar-refractivity contribution in [1.82, 2.24) is 14.9 Å². The van der Waals surface area contributed by atoms with Gasteiger partial charge in [0.15, 0.2) is 0 Å². The number of amides is 1. The molecule has 0 radical (unpaired) electrons. The van der Waals surface area contributed by atoms with Crippen LogP contribution in [0, 0.1) is 6.92 Å². The maximum atomic E-state index is 12.9. The predicted molar refractivity (Wildman–Crippen MR) is 117 cm³/mol. The van der Waals surface area contributed by atoms with Gasteiger partial charge in [-0.05, 0) is 43.5 Å². The first kappa shape index (κ1) is 20.1. The SMILES string of the molecule is COc1ccc(CC(=O)N2CCC[C@H](c3cncc(-c4cccc(C)c4)n3)C2)cc1. The minimum Gasteiger partial charge on any atom is -0.497 e. The van der Waals surface area contributed by atoms with Gasteiger partial charge in [-0.25, -0.2) is 4.98 Å². The molecule has 1 saturated heterocycles. The van der Waals surface area contributed by atoms with Gasteiger partial charge in [0, 0.05) is 30.8 Å². The molecule has 0 unspecified atom stereocenters. The van der Waals surface area contributed by atoms with Crippen molar-refractivity contribution in [2.45, 2.75) is 32.1 Å². The number of piperidine rings is 1. The molecule has 1 fully saturated rings. The predicted octanol–water partition coefficient (Wildman–Crippen LogP) is 4.41. The van der Waals surface area contributed by atoms with Crippen LogP contribution in [0.1, 0.15) is 35.6 Å². The number of aromatic nitrogens is 2. The fourth-order valence-corrected chi connectivity index (χ4v) is 4.00. The number of nitrogens with zero attached hydrogens (tertiary/aromatic N) is 3. The van der Waals surface area contributed by atoms with E-state index in [1.54, 1.807) is 7.11 Å². The van der Waals surface area contributed by atoms with Crippen LogP contribution in [0.25, 0.3) is 11.3 Å². The molecule has 2 heterocycles. The van der Waals surface area contributed by atoms with Gasteiger partial charge in [0.1, 0.15) is 5.75 Å². The van der Waals surface area contributed by atoms with E-state index in [4.69, 9.17) is 9.72 Å². The van der Waals surface area contributed by atoms with Crippen molar-refractivity contribution in [2.24, 2.45) is 0 Å². The van der Waals surface area contributed by atoms with Gasteiger partial charge >= 0.3 is 0 Å². The Morgan fingerprint density at radius 2 is 2.00 bits per heavy atom. The number of hydrogen-bond acceptors (Lipinski definition) is 4. The summed E-state index contributed by atoms with van der Waals surface area (Å²) in [6.45, 7) is 3.58. The number of carbonyl (C=O) groups excluding carboxylic acids is 1. The monoisotopic (exact) mass is 401 g/mol. The summed E-state index contributed by atoms with van der Waals surface area (Å²) in [5, 5.41) is 0. The summed E-state index contributed by atoms with van der Waals surface area (Å²) < 4.78 is 5.19. The van der Waals surface area contributed by atoms with Gasteiger partial charge in [0.2, 0.25) is 5.91 Å². The standard InChI is InChI=1S/C25H27N3O2/c1-18-5-3-6-20(13-18)23-15-26-16-24(27-23)21-7-4-12-28(17-21)25(29)14-19-8-10-22(30-2)11-9-19/h3,5-6,8-11,13,15-16,21H,4,7,12,14,17H2,1-2H3/t21-/m0/s1. The first-order valence-electron chi connectivity index (χ1n) is 10.4. The molecule has 0 N–H and O–H groups in total. The molecule has 5 heteroatoms. The van der Waals surface area contributed by atoms with Crippen molar-refractivity contribution in [3.05, 3.63) is 77.7 Å². The molecule has 3 aromatic rings. The lowest BCUT2D eigenvalue weighted by molar-refractivity contribution is -0.131. The highest BCUT2D eigenvalue weighted by Gasteiger charge is 2.26. The molecule has 154 valence electrons. The summed E-state index contributed by atoms with van der Waals surface area (Å²) in [5.41, 5.74) is 5.14. The van der Waals surface area contributed by atoms with E-state index in [1.165, 1.54) is 5.56 Å². The molecule has 30 heavy (non-hydrogen) atoms. The van der Waals surface area contributed by atoms with Crippen molar-refractivity contribution in [3.8, 4) is 17.0 Å². The van der Waals surface area contributed by atoms with Gasteiger partial charge in [-0.2, -0.15) is 0 Å². The number of hydrogen-bond donors (Lipinski definition) is 0. The highest BCUT2D eigenvalue weighted by atomic mass is 16.5. The third kappa shape index (κ3) is 4.67. The van der Waals surface area contributed by atoms with Gasteiger partial charge in [0.05, 0.1) is 31.1 Å². The van der Waals surface area contributed by atoms with E-state index in [2.05, 4.69) is 30.1 Å². The zero-order valence-electron chi connectivity index (χ0n) is 17.5. The summed E-state index contributed by atoms with van der Waals surface area (Å²) in [4.78, 5) is 24.2. The van der Waals surface area contributed by atoms with Crippen molar-refractivity contribution in [1.29, 1.82) is 0 Å². The number of benzene rings is 2. The summed E-state index contributed by atoms with van der Waals surface area (Å²) >= 11 is 0. The largest absolute Gasteiger partial charge is 0.497 e. The van der Waals surface area contributed by atoms with Crippen LogP contribution in [-0.2, 0) is 11.2 Å².